The van der Waals surface area contributed by atoms with Crippen LogP contribution in [0.25, 0.3) is 0 Å². The Morgan fingerprint density at radius 2 is 1.97 bits per heavy atom. The Morgan fingerprint density at radius 3 is 2.61 bits per heavy atom. The lowest BCUT2D eigenvalue weighted by molar-refractivity contribution is 0.407. The molecule has 2 heterocycles. The summed E-state index contributed by atoms with van der Waals surface area (Å²) >= 11 is 0. The van der Waals surface area contributed by atoms with E-state index in [9.17, 15) is 0 Å². The highest BCUT2D eigenvalue weighted by atomic mass is 127. The second-order valence-corrected chi connectivity index (χ2v) is 7.91. The predicted molar refractivity (Wildman–Crippen MR) is 142 cm³/mol. The van der Waals surface area contributed by atoms with Gasteiger partial charge in [-0.1, -0.05) is 26.0 Å². The van der Waals surface area contributed by atoms with Crippen LogP contribution in [0.5, 0.6) is 17.4 Å². The summed E-state index contributed by atoms with van der Waals surface area (Å²) in [6.07, 6.45) is 3.87. The van der Waals surface area contributed by atoms with E-state index in [0.717, 1.165) is 29.5 Å². The fraction of sp³-hybridized carbons (Fsp3) is 0.375. The van der Waals surface area contributed by atoms with Crippen LogP contribution in [0.15, 0.2) is 53.8 Å². The first-order valence-electron chi connectivity index (χ1n) is 10.6. The van der Waals surface area contributed by atoms with Crippen molar-refractivity contribution >= 4 is 29.9 Å². The molecule has 33 heavy (non-hydrogen) atoms. The standard InChI is InChI=1S/C24H32N6O2.HI/c1-17(2)23-19(16-30(5)28-23)15-29(4)24(25-3)27-14-18-10-11-22(26-13-18)32-21-9-7-8-20(12-21)31-6;/h7-13,16-17H,14-15H2,1-6H3,(H,25,27);1H. The van der Waals surface area contributed by atoms with E-state index in [2.05, 4.69) is 45.3 Å². The number of nitrogens with zero attached hydrogens (tertiary/aromatic N) is 5. The Kier molecular flexibility index (Phi) is 9.95. The van der Waals surface area contributed by atoms with Crippen molar-refractivity contribution in [3.8, 4) is 17.4 Å². The quantitative estimate of drug-likeness (QED) is 0.246. The van der Waals surface area contributed by atoms with Gasteiger partial charge in [-0.05, 0) is 23.6 Å². The summed E-state index contributed by atoms with van der Waals surface area (Å²) in [7, 11) is 7.39. The molecule has 0 unspecified atom stereocenters. The summed E-state index contributed by atoms with van der Waals surface area (Å²) in [5.41, 5.74) is 3.35. The molecular weight excluding hydrogens is 531 g/mol. The highest BCUT2D eigenvalue weighted by Gasteiger charge is 2.15. The molecule has 0 spiro atoms. The number of guanidine groups is 1. The molecule has 3 rings (SSSR count). The van der Waals surface area contributed by atoms with Gasteiger partial charge in [-0.3, -0.25) is 9.67 Å². The number of aromatic nitrogens is 3. The number of aliphatic imine (C=N–C) groups is 1. The number of nitrogens with one attached hydrogen (secondary N) is 1. The predicted octanol–water partition coefficient (Wildman–Crippen LogP) is 4.56. The Hall–Kier alpha value is -2.82. The molecule has 0 aliphatic heterocycles. The van der Waals surface area contributed by atoms with Gasteiger partial charge in [0.25, 0.3) is 0 Å². The molecule has 0 saturated heterocycles. The number of rotatable bonds is 8. The Labute approximate surface area is 213 Å². The molecule has 0 saturated carbocycles. The summed E-state index contributed by atoms with van der Waals surface area (Å²) in [4.78, 5) is 10.9. The highest BCUT2D eigenvalue weighted by Crippen LogP contribution is 2.24. The van der Waals surface area contributed by atoms with Gasteiger partial charge in [-0.2, -0.15) is 5.10 Å². The van der Waals surface area contributed by atoms with E-state index in [1.54, 1.807) is 20.4 Å². The summed E-state index contributed by atoms with van der Waals surface area (Å²) < 4.78 is 12.9. The lowest BCUT2D eigenvalue weighted by Crippen LogP contribution is -2.38. The first-order chi connectivity index (χ1) is 15.4. The van der Waals surface area contributed by atoms with Crippen LogP contribution in [-0.2, 0) is 20.1 Å². The normalized spacial score (nSPS) is 11.2. The summed E-state index contributed by atoms with van der Waals surface area (Å²) in [5.74, 6) is 3.13. The van der Waals surface area contributed by atoms with Crippen LogP contribution < -0.4 is 14.8 Å². The molecule has 8 nitrogen and oxygen atoms in total. The van der Waals surface area contributed by atoms with Gasteiger partial charge in [0, 0.05) is 64.3 Å². The highest BCUT2D eigenvalue weighted by molar-refractivity contribution is 14.0. The van der Waals surface area contributed by atoms with Gasteiger partial charge < -0.3 is 19.7 Å². The number of benzene rings is 1. The van der Waals surface area contributed by atoms with Crippen molar-refractivity contribution in [1.29, 1.82) is 0 Å². The minimum atomic E-state index is 0. The number of pyridine rings is 1. The van der Waals surface area contributed by atoms with Crippen molar-refractivity contribution in [2.24, 2.45) is 12.0 Å². The third-order valence-electron chi connectivity index (χ3n) is 4.98. The fourth-order valence-electron chi connectivity index (χ4n) is 3.42. The molecule has 9 heteroatoms. The lowest BCUT2D eigenvalue weighted by Gasteiger charge is -2.22. The largest absolute Gasteiger partial charge is 0.497 e. The molecular formula is C24H33IN6O2. The minimum Gasteiger partial charge on any atom is -0.497 e. The first kappa shape index (κ1) is 26.4. The summed E-state index contributed by atoms with van der Waals surface area (Å²) in [6.45, 7) is 5.65. The second-order valence-electron chi connectivity index (χ2n) is 7.91. The SMILES string of the molecule is CN=C(NCc1ccc(Oc2cccc(OC)c2)nc1)N(C)Cc1cn(C)nc1C(C)C.I. The van der Waals surface area contributed by atoms with E-state index in [4.69, 9.17) is 9.47 Å². The van der Waals surface area contributed by atoms with Crippen LogP contribution in [0.1, 0.15) is 36.6 Å². The maximum atomic E-state index is 5.81. The van der Waals surface area contributed by atoms with Crippen molar-refractivity contribution < 1.29 is 9.47 Å². The molecule has 2 aromatic heterocycles. The monoisotopic (exact) mass is 564 g/mol. The number of hydrogen-bond acceptors (Lipinski definition) is 5. The van der Waals surface area contributed by atoms with E-state index in [0.29, 0.717) is 24.1 Å². The van der Waals surface area contributed by atoms with E-state index in [-0.39, 0.29) is 24.0 Å². The summed E-state index contributed by atoms with van der Waals surface area (Å²) in [6, 6.07) is 11.3. The molecule has 3 aromatic rings. The fourth-order valence-corrected chi connectivity index (χ4v) is 3.42. The van der Waals surface area contributed by atoms with Crippen LogP contribution in [0.4, 0.5) is 0 Å². The topological polar surface area (TPSA) is 76.8 Å². The van der Waals surface area contributed by atoms with E-state index < -0.39 is 0 Å². The zero-order valence-electron chi connectivity index (χ0n) is 20.1. The van der Waals surface area contributed by atoms with Gasteiger partial charge in [-0.25, -0.2) is 4.98 Å². The van der Waals surface area contributed by atoms with E-state index in [1.807, 2.05) is 55.2 Å². The molecule has 1 aromatic carbocycles. The number of halogens is 1. The van der Waals surface area contributed by atoms with Crippen LogP contribution in [0.3, 0.4) is 0 Å². The molecule has 178 valence electrons. The van der Waals surface area contributed by atoms with Crippen molar-refractivity contribution in [2.75, 3.05) is 21.2 Å². The van der Waals surface area contributed by atoms with Crippen LogP contribution >= 0.6 is 24.0 Å². The maximum absolute atomic E-state index is 5.81. The Bertz CT molecular complexity index is 1050. The van der Waals surface area contributed by atoms with Gasteiger partial charge in [0.2, 0.25) is 5.88 Å². The van der Waals surface area contributed by atoms with Gasteiger partial charge in [-0.15, -0.1) is 24.0 Å². The lowest BCUT2D eigenvalue weighted by atomic mass is 10.1. The molecule has 0 fully saturated rings. The molecule has 0 bridgehead atoms. The average molecular weight is 564 g/mol. The smallest absolute Gasteiger partial charge is 0.219 e. The third-order valence-corrected chi connectivity index (χ3v) is 4.98. The molecule has 0 amide bonds. The van der Waals surface area contributed by atoms with Gasteiger partial charge in [0.05, 0.1) is 12.8 Å². The minimum absolute atomic E-state index is 0. The zero-order chi connectivity index (χ0) is 23.1. The Balaban J connectivity index is 0.00000385. The molecule has 1 N–H and O–H groups in total. The maximum Gasteiger partial charge on any atom is 0.219 e. The van der Waals surface area contributed by atoms with Crippen molar-refractivity contribution in [2.45, 2.75) is 32.9 Å². The van der Waals surface area contributed by atoms with Crippen molar-refractivity contribution in [3.05, 3.63) is 65.6 Å². The molecule has 0 atom stereocenters. The number of ether oxygens (including phenoxy) is 2. The van der Waals surface area contributed by atoms with E-state index in [1.165, 1.54) is 5.56 Å². The van der Waals surface area contributed by atoms with Crippen LogP contribution in [-0.4, -0.2) is 46.8 Å². The molecule has 0 aliphatic rings. The summed E-state index contributed by atoms with van der Waals surface area (Å²) in [5, 5.41) is 7.99. The van der Waals surface area contributed by atoms with Crippen LogP contribution in [0, 0.1) is 0 Å². The van der Waals surface area contributed by atoms with Crippen molar-refractivity contribution in [3.63, 3.8) is 0 Å². The number of aryl methyl sites for hydroxylation is 1. The van der Waals surface area contributed by atoms with E-state index >= 15 is 0 Å². The van der Waals surface area contributed by atoms with Gasteiger partial charge in [0.15, 0.2) is 5.96 Å². The second kappa shape index (κ2) is 12.4. The van der Waals surface area contributed by atoms with Gasteiger partial charge in [0.1, 0.15) is 11.5 Å². The Morgan fingerprint density at radius 1 is 1.21 bits per heavy atom. The molecule has 0 radical (unpaired) electrons. The third kappa shape index (κ3) is 7.34. The number of methoxy groups -OCH3 is 1. The zero-order valence-corrected chi connectivity index (χ0v) is 22.4. The number of hydrogen-bond donors (Lipinski definition) is 1. The van der Waals surface area contributed by atoms with Gasteiger partial charge >= 0.3 is 0 Å². The molecule has 0 aliphatic carbocycles. The van der Waals surface area contributed by atoms with Crippen molar-refractivity contribution in [1.82, 2.24) is 25.0 Å². The average Bonchev–Trinajstić information content (AvgIpc) is 3.15. The van der Waals surface area contributed by atoms with Crippen LogP contribution in [0.2, 0.25) is 0 Å². The first-order valence-corrected chi connectivity index (χ1v) is 10.6.